The maximum absolute atomic E-state index is 12.7. The molecule has 0 radical (unpaired) electrons. The molecule has 0 atom stereocenters. The molecule has 0 N–H and O–H groups in total. The van der Waals surface area contributed by atoms with Crippen LogP contribution in [0.4, 0.5) is 0 Å². The number of benzene rings is 1. The van der Waals surface area contributed by atoms with Gasteiger partial charge in [0.1, 0.15) is 0 Å². The van der Waals surface area contributed by atoms with Gasteiger partial charge in [-0.3, -0.25) is 13.9 Å². The van der Waals surface area contributed by atoms with E-state index in [0.717, 1.165) is 28.8 Å². The molecule has 0 saturated heterocycles. The van der Waals surface area contributed by atoms with Crippen LogP contribution in [0.1, 0.15) is 13.3 Å². The van der Waals surface area contributed by atoms with E-state index in [4.69, 9.17) is 11.6 Å². The molecule has 23 heavy (non-hydrogen) atoms. The fourth-order valence-corrected chi connectivity index (χ4v) is 3.14. The molecular weight excluding hydrogens is 314 g/mol. The summed E-state index contributed by atoms with van der Waals surface area (Å²) in [6, 6.07) is 7.43. The standard InChI is InChI=1S/C17H18ClN3O2/c1-4-8-21-10-13-14(16(22)20(3)17(23)19(13)2)15(21)11-6-5-7-12(18)9-11/h5-7,9-10H,4,8H2,1-3H3. The lowest BCUT2D eigenvalue weighted by atomic mass is 10.1. The first-order valence-electron chi connectivity index (χ1n) is 7.50. The fourth-order valence-electron chi connectivity index (χ4n) is 2.95. The van der Waals surface area contributed by atoms with E-state index >= 15 is 0 Å². The topological polar surface area (TPSA) is 48.9 Å². The zero-order valence-corrected chi connectivity index (χ0v) is 14.1. The average Bonchev–Trinajstić information content (AvgIpc) is 2.91. The minimum Gasteiger partial charge on any atom is -0.345 e. The molecule has 0 bridgehead atoms. The summed E-state index contributed by atoms with van der Waals surface area (Å²) in [5.74, 6) is 0. The number of nitrogens with zero attached hydrogens (tertiary/aromatic N) is 3. The van der Waals surface area contributed by atoms with Crippen LogP contribution in [0.2, 0.25) is 5.02 Å². The molecule has 6 heteroatoms. The summed E-state index contributed by atoms with van der Waals surface area (Å²) in [6.45, 7) is 2.83. The lowest BCUT2D eigenvalue weighted by Crippen LogP contribution is -2.36. The van der Waals surface area contributed by atoms with Crippen molar-refractivity contribution in [3.63, 3.8) is 0 Å². The lowest BCUT2D eigenvalue weighted by Gasteiger charge is -2.09. The first kappa shape index (κ1) is 15.6. The van der Waals surface area contributed by atoms with E-state index < -0.39 is 0 Å². The first-order valence-corrected chi connectivity index (χ1v) is 7.88. The van der Waals surface area contributed by atoms with Gasteiger partial charge in [0.2, 0.25) is 0 Å². The zero-order chi connectivity index (χ0) is 16.7. The summed E-state index contributed by atoms with van der Waals surface area (Å²) >= 11 is 6.12. The van der Waals surface area contributed by atoms with Gasteiger partial charge in [0.15, 0.2) is 0 Å². The third kappa shape index (κ3) is 2.41. The van der Waals surface area contributed by atoms with Gasteiger partial charge in [-0.15, -0.1) is 0 Å². The Morgan fingerprint density at radius 2 is 1.87 bits per heavy atom. The molecule has 0 aliphatic heterocycles. The molecule has 0 fully saturated rings. The maximum atomic E-state index is 12.7. The van der Waals surface area contributed by atoms with E-state index in [1.807, 2.05) is 29.0 Å². The van der Waals surface area contributed by atoms with Gasteiger partial charge >= 0.3 is 5.69 Å². The molecule has 2 heterocycles. The van der Waals surface area contributed by atoms with E-state index in [-0.39, 0.29) is 11.2 Å². The van der Waals surface area contributed by atoms with Gasteiger partial charge < -0.3 is 4.57 Å². The Morgan fingerprint density at radius 3 is 2.52 bits per heavy atom. The Balaban J connectivity index is 2.51. The second-order valence-electron chi connectivity index (χ2n) is 5.65. The molecule has 0 amide bonds. The van der Waals surface area contributed by atoms with Gasteiger partial charge in [0.05, 0.1) is 16.6 Å². The number of fused-ring (bicyclic) bond motifs is 1. The summed E-state index contributed by atoms with van der Waals surface area (Å²) in [5.41, 5.74) is 1.71. The molecule has 1 aromatic carbocycles. The van der Waals surface area contributed by atoms with E-state index in [2.05, 4.69) is 6.92 Å². The van der Waals surface area contributed by atoms with E-state index in [0.29, 0.717) is 15.9 Å². The van der Waals surface area contributed by atoms with Crippen molar-refractivity contribution in [2.75, 3.05) is 0 Å². The van der Waals surface area contributed by atoms with Gasteiger partial charge in [-0.2, -0.15) is 0 Å². The van der Waals surface area contributed by atoms with Crippen molar-refractivity contribution in [1.82, 2.24) is 13.7 Å². The highest BCUT2D eigenvalue weighted by Gasteiger charge is 2.19. The van der Waals surface area contributed by atoms with Crippen LogP contribution in [0.5, 0.6) is 0 Å². The monoisotopic (exact) mass is 331 g/mol. The van der Waals surface area contributed by atoms with Gasteiger partial charge in [0, 0.05) is 37.4 Å². The minimum atomic E-state index is -0.325. The van der Waals surface area contributed by atoms with Gasteiger partial charge in [-0.05, 0) is 18.6 Å². The summed E-state index contributed by atoms with van der Waals surface area (Å²) in [4.78, 5) is 24.9. The van der Waals surface area contributed by atoms with Gasteiger partial charge in [-0.25, -0.2) is 4.79 Å². The SMILES string of the molecule is CCCn1cc2c(c1-c1cccc(Cl)c1)c(=O)n(C)c(=O)n2C. The zero-order valence-electron chi connectivity index (χ0n) is 13.3. The van der Waals surface area contributed by atoms with Crippen molar-refractivity contribution < 1.29 is 0 Å². The molecule has 0 aliphatic carbocycles. The van der Waals surface area contributed by atoms with Gasteiger partial charge in [0.25, 0.3) is 5.56 Å². The van der Waals surface area contributed by atoms with Crippen LogP contribution in [0.3, 0.4) is 0 Å². The number of hydrogen-bond donors (Lipinski definition) is 0. The van der Waals surface area contributed by atoms with Crippen LogP contribution in [-0.4, -0.2) is 13.7 Å². The quantitative estimate of drug-likeness (QED) is 0.741. The second kappa shape index (κ2) is 5.74. The highest BCUT2D eigenvalue weighted by Crippen LogP contribution is 2.29. The smallest absolute Gasteiger partial charge is 0.330 e. The summed E-state index contributed by atoms with van der Waals surface area (Å²) in [6.07, 6.45) is 2.79. The number of halogens is 1. The van der Waals surface area contributed by atoms with E-state index in [9.17, 15) is 9.59 Å². The summed E-state index contributed by atoms with van der Waals surface area (Å²) in [7, 11) is 3.19. The fraction of sp³-hybridized carbons (Fsp3) is 0.294. The van der Waals surface area contributed by atoms with Crippen LogP contribution in [0.15, 0.2) is 40.1 Å². The molecule has 5 nitrogen and oxygen atoms in total. The number of aromatic nitrogens is 3. The number of rotatable bonds is 3. The van der Waals surface area contributed by atoms with Crippen LogP contribution in [0, 0.1) is 0 Å². The van der Waals surface area contributed by atoms with Crippen molar-refractivity contribution in [2.24, 2.45) is 14.1 Å². The third-order valence-electron chi connectivity index (χ3n) is 4.07. The Labute approximate surface area is 138 Å². The molecule has 0 unspecified atom stereocenters. The van der Waals surface area contributed by atoms with Crippen molar-refractivity contribution in [1.29, 1.82) is 0 Å². The maximum Gasteiger partial charge on any atom is 0.330 e. The molecule has 3 aromatic rings. The van der Waals surface area contributed by atoms with Gasteiger partial charge in [-0.1, -0.05) is 30.7 Å². The van der Waals surface area contributed by atoms with E-state index in [1.54, 1.807) is 13.1 Å². The third-order valence-corrected chi connectivity index (χ3v) is 4.31. The van der Waals surface area contributed by atoms with Crippen molar-refractivity contribution >= 4 is 22.5 Å². The van der Waals surface area contributed by atoms with Crippen molar-refractivity contribution in [2.45, 2.75) is 19.9 Å². The Kier molecular flexibility index (Phi) is 3.90. The lowest BCUT2D eigenvalue weighted by molar-refractivity contribution is 0.689. The average molecular weight is 332 g/mol. The Bertz CT molecular complexity index is 1010. The van der Waals surface area contributed by atoms with Crippen LogP contribution < -0.4 is 11.2 Å². The van der Waals surface area contributed by atoms with Crippen molar-refractivity contribution in [3.05, 3.63) is 56.3 Å². The summed E-state index contributed by atoms with van der Waals surface area (Å²) in [5, 5.41) is 1.16. The predicted octanol–water partition coefficient (Wildman–Crippen LogP) is 2.77. The van der Waals surface area contributed by atoms with Crippen molar-refractivity contribution in [3.8, 4) is 11.3 Å². The van der Waals surface area contributed by atoms with Crippen LogP contribution >= 0.6 is 11.6 Å². The first-order chi connectivity index (χ1) is 11.0. The molecule has 0 saturated carbocycles. The Hall–Kier alpha value is -2.27. The summed E-state index contributed by atoms with van der Waals surface area (Å²) < 4.78 is 4.68. The highest BCUT2D eigenvalue weighted by atomic mass is 35.5. The molecule has 0 spiro atoms. The van der Waals surface area contributed by atoms with Crippen LogP contribution in [0.25, 0.3) is 22.2 Å². The van der Waals surface area contributed by atoms with Crippen LogP contribution in [-0.2, 0) is 20.6 Å². The number of hydrogen-bond acceptors (Lipinski definition) is 2. The molecule has 3 rings (SSSR count). The second-order valence-corrected chi connectivity index (χ2v) is 6.08. The minimum absolute atomic E-state index is 0.284. The predicted molar refractivity (Wildman–Crippen MR) is 93.2 cm³/mol. The molecule has 2 aromatic heterocycles. The van der Waals surface area contributed by atoms with E-state index in [1.165, 1.54) is 11.6 Å². The molecule has 0 aliphatic rings. The molecule has 120 valence electrons. The normalized spacial score (nSPS) is 11.3. The Morgan fingerprint density at radius 1 is 1.13 bits per heavy atom. The highest BCUT2D eigenvalue weighted by molar-refractivity contribution is 6.30. The molecular formula is C17H18ClN3O2. The number of aryl methyl sites for hydroxylation is 2. The largest absolute Gasteiger partial charge is 0.345 e.